The van der Waals surface area contributed by atoms with E-state index in [1.807, 2.05) is 0 Å². The van der Waals surface area contributed by atoms with Crippen LogP contribution >= 0.6 is 24.4 Å². The molecule has 0 amide bonds. The van der Waals surface area contributed by atoms with E-state index in [1.54, 1.807) is 0 Å². The van der Waals surface area contributed by atoms with Gasteiger partial charge in [-0.3, -0.25) is 0 Å². The molecule has 1 rings (SSSR count). The van der Waals surface area contributed by atoms with Crippen molar-refractivity contribution in [3.05, 3.63) is 34.9 Å². The van der Waals surface area contributed by atoms with Gasteiger partial charge in [0.15, 0.2) is 0 Å². The van der Waals surface area contributed by atoms with Crippen LogP contribution in [0.25, 0.3) is 0 Å². The largest absolute Gasteiger partial charge is 0.228 e. The van der Waals surface area contributed by atoms with Crippen molar-refractivity contribution in [3.8, 4) is 0 Å². The van der Waals surface area contributed by atoms with Crippen LogP contribution < -0.4 is 0 Å². The zero-order valence-corrected chi connectivity index (χ0v) is 12.5. The standard InChI is InChI=1S/C14H16N2S2/c1-14(2,3)13-5-11(7-15-9-17)4-12(6-13)8-16-10-18/h4-6H,7-8H2,1-3H3. The molecule has 94 valence electrons. The normalized spacial score (nSPS) is 10.4. The molecule has 0 aliphatic heterocycles. The van der Waals surface area contributed by atoms with Gasteiger partial charge in [0.25, 0.3) is 0 Å². The second kappa shape index (κ2) is 6.67. The Kier molecular flexibility index (Phi) is 5.52. The van der Waals surface area contributed by atoms with Crippen LogP contribution in [0.4, 0.5) is 0 Å². The summed E-state index contributed by atoms with van der Waals surface area (Å²) < 4.78 is 0. The molecule has 0 aromatic heterocycles. The van der Waals surface area contributed by atoms with Gasteiger partial charge in [-0.05, 0) is 46.5 Å². The first-order valence-corrected chi connectivity index (χ1v) is 6.49. The fraction of sp³-hybridized carbons (Fsp3) is 0.429. The summed E-state index contributed by atoms with van der Waals surface area (Å²) in [7, 11) is 0. The Morgan fingerprint density at radius 1 is 0.944 bits per heavy atom. The third kappa shape index (κ3) is 4.59. The molecule has 0 aliphatic carbocycles. The summed E-state index contributed by atoms with van der Waals surface area (Å²) in [6.07, 6.45) is 0. The molecule has 0 bridgehead atoms. The first kappa shape index (κ1) is 14.9. The molecule has 0 spiro atoms. The summed E-state index contributed by atoms with van der Waals surface area (Å²) in [5.41, 5.74) is 3.59. The van der Waals surface area contributed by atoms with Gasteiger partial charge in [-0.25, -0.2) is 9.98 Å². The Morgan fingerprint density at radius 2 is 1.39 bits per heavy atom. The summed E-state index contributed by atoms with van der Waals surface area (Å²) >= 11 is 9.20. The first-order chi connectivity index (χ1) is 8.47. The molecule has 0 atom stereocenters. The highest BCUT2D eigenvalue weighted by Crippen LogP contribution is 2.25. The first-order valence-electron chi connectivity index (χ1n) is 5.68. The molecule has 0 aliphatic rings. The molecule has 0 saturated carbocycles. The second-order valence-electron chi connectivity index (χ2n) is 5.10. The molecule has 4 heteroatoms. The lowest BCUT2D eigenvalue weighted by Crippen LogP contribution is -2.12. The number of rotatable bonds is 4. The van der Waals surface area contributed by atoms with E-state index in [2.05, 4.69) is 83.7 Å². The van der Waals surface area contributed by atoms with Gasteiger partial charge >= 0.3 is 0 Å². The molecule has 1 aromatic carbocycles. The lowest BCUT2D eigenvalue weighted by atomic mass is 9.85. The van der Waals surface area contributed by atoms with E-state index in [0.29, 0.717) is 13.1 Å². The van der Waals surface area contributed by atoms with Crippen molar-refractivity contribution in [2.75, 3.05) is 0 Å². The number of thiocarbonyl (C=S) groups is 2. The van der Waals surface area contributed by atoms with Crippen LogP contribution in [0.1, 0.15) is 37.5 Å². The molecule has 0 saturated heterocycles. The van der Waals surface area contributed by atoms with Crippen molar-refractivity contribution >= 4 is 34.8 Å². The Labute approximate surface area is 119 Å². The maximum absolute atomic E-state index is 4.60. The molecule has 1 aromatic rings. The summed E-state index contributed by atoms with van der Waals surface area (Å²) in [6, 6.07) is 6.38. The molecule has 0 radical (unpaired) electrons. The van der Waals surface area contributed by atoms with E-state index in [0.717, 1.165) is 11.1 Å². The molecular formula is C14H16N2S2. The fourth-order valence-electron chi connectivity index (χ4n) is 1.63. The van der Waals surface area contributed by atoms with Crippen molar-refractivity contribution in [1.29, 1.82) is 0 Å². The van der Waals surface area contributed by atoms with Crippen LogP contribution in [0, 0.1) is 0 Å². The minimum Gasteiger partial charge on any atom is -0.228 e. The second-order valence-corrected chi connectivity index (χ2v) is 5.47. The van der Waals surface area contributed by atoms with Gasteiger partial charge in [0.1, 0.15) is 0 Å². The van der Waals surface area contributed by atoms with Crippen LogP contribution in [0.2, 0.25) is 0 Å². The van der Waals surface area contributed by atoms with Gasteiger partial charge in [0, 0.05) is 0 Å². The zero-order valence-electron chi connectivity index (χ0n) is 10.9. The molecule has 0 heterocycles. The monoisotopic (exact) mass is 276 g/mol. The molecule has 0 N–H and O–H groups in total. The Balaban J connectivity index is 3.18. The van der Waals surface area contributed by atoms with Crippen LogP contribution in [0.15, 0.2) is 28.2 Å². The van der Waals surface area contributed by atoms with E-state index in [-0.39, 0.29) is 5.41 Å². The quantitative estimate of drug-likeness (QED) is 0.608. The number of isothiocyanates is 2. The summed E-state index contributed by atoms with van der Waals surface area (Å²) in [6.45, 7) is 7.66. The van der Waals surface area contributed by atoms with Crippen LogP contribution in [0.3, 0.4) is 0 Å². The highest BCUT2D eigenvalue weighted by molar-refractivity contribution is 7.78. The number of nitrogens with zero attached hydrogens (tertiary/aromatic N) is 2. The average Bonchev–Trinajstić information content (AvgIpc) is 2.32. The predicted molar refractivity (Wildman–Crippen MR) is 82.6 cm³/mol. The third-order valence-electron chi connectivity index (χ3n) is 2.57. The fourth-order valence-corrected chi connectivity index (χ4v) is 1.75. The lowest BCUT2D eigenvalue weighted by molar-refractivity contribution is 0.588. The van der Waals surface area contributed by atoms with Crippen LogP contribution in [0.5, 0.6) is 0 Å². The van der Waals surface area contributed by atoms with Crippen molar-refractivity contribution in [3.63, 3.8) is 0 Å². The summed E-state index contributed by atoms with van der Waals surface area (Å²) in [4.78, 5) is 7.97. The number of benzene rings is 1. The smallest absolute Gasteiger partial charge is 0.0743 e. The van der Waals surface area contributed by atoms with Crippen LogP contribution in [-0.2, 0) is 18.5 Å². The van der Waals surface area contributed by atoms with Gasteiger partial charge in [-0.15, -0.1) is 0 Å². The Hall–Kier alpha value is -1.18. The number of hydrogen-bond donors (Lipinski definition) is 0. The highest BCUT2D eigenvalue weighted by Gasteiger charge is 2.15. The molecule has 0 fully saturated rings. The summed E-state index contributed by atoms with van der Waals surface area (Å²) in [5.74, 6) is 0. The zero-order chi connectivity index (χ0) is 13.6. The van der Waals surface area contributed by atoms with E-state index < -0.39 is 0 Å². The Morgan fingerprint density at radius 3 is 1.72 bits per heavy atom. The predicted octanol–water partition coefficient (Wildman–Crippen LogP) is 4.19. The van der Waals surface area contributed by atoms with Crippen LogP contribution in [-0.4, -0.2) is 10.3 Å². The van der Waals surface area contributed by atoms with Crippen molar-refractivity contribution < 1.29 is 0 Å². The van der Waals surface area contributed by atoms with E-state index in [9.17, 15) is 0 Å². The molecule has 0 unspecified atom stereocenters. The summed E-state index contributed by atoms with van der Waals surface area (Å²) in [5, 5.41) is 4.79. The minimum absolute atomic E-state index is 0.0908. The Bertz CT molecular complexity index is 479. The highest BCUT2D eigenvalue weighted by atomic mass is 32.1. The number of hydrogen-bond acceptors (Lipinski definition) is 4. The van der Waals surface area contributed by atoms with Gasteiger partial charge in [0.2, 0.25) is 0 Å². The van der Waals surface area contributed by atoms with Gasteiger partial charge in [0.05, 0.1) is 23.4 Å². The van der Waals surface area contributed by atoms with Gasteiger partial charge < -0.3 is 0 Å². The van der Waals surface area contributed by atoms with Crippen molar-refractivity contribution in [1.82, 2.24) is 0 Å². The maximum atomic E-state index is 4.60. The third-order valence-corrected chi connectivity index (χ3v) is 2.83. The van der Waals surface area contributed by atoms with Gasteiger partial charge in [-0.1, -0.05) is 39.0 Å². The topological polar surface area (TPSA) is 24.7 Å². The van der Waals surface area contributed by atoms with E-state index in [1.165, 1.54) is 5.56 Å². The van der Waals surface area contributed by atoms with E-state index in [4.69, 9.17) is 0 Å². The molecule has 2 nitrogen and oxygen atoms in total. The molecule has 18 heavy (non-hydrogen) atoms. The maximum Gasteiger partial charge on any atom is 0.0743 e. The van der Waals surface area contributed by atoms with Crippen molar-refractivity contribution in [2.45, 2.75) is 39.3 Å². The van der Waals surface area contributed by atoms with Gasteiger partial charge in [-0.2, -0.15) is 0 Å². The average molecular weight is 276 g/mol. The van der Waals surface area contributed by atoms with E-state index >= 15 is 0 Å². The SMILES string of the molecule is CC(C)(C)c1cc(CN=C=S)cc(CN=C=S)c1. The number of aliphatic imine (C=N–C) groups is 2. The molecular weight excluding hydrogens is 260 g/mol. The van der Waals surface area contributed by atoms with Crippen molar-refractivity contribution in [2.24, 2.45) is 9.98 Å². The minimum atomic E-state index is 0.0908. The lowest BCUT2D eigenvalue weighted by Gasteiger charge is -2.20.